The molecule has 1 aromatic carbocycles. The standard InChI is InChI=1S/C27H56N2O4Si4/c1-29(2,25-26-19-14-12-15-20-26)23-17-13-16-21-27(30)28-22-18-24-37(31-34(3,4)5,32-35(6,7)8)33-36(9,10)11/h12,14-15,19-20H,13,16-18,21-25H2,1-11H3/p+1. The van der Waals surface area contributed by atoms with Crippen LogP contribution in [0.15, 0.2) is 30.3 Å². The number of unbranched alkanes of at least 4 members (excludes halogenated alkanes) is 2. The van der Waals surface area contributed by atoms with Crippen molar-refractivity contribution in [3.63, 3.8) is 0 Å². The minimum atomic E-state index is -2.82. The molecule has 0 aliphatic rings. The number of quaternary nitrogens is 1. The second-order valence-electron chi connectivity index (χ2n) is 13.9. The van der Waals surface area contributed by atoms with Crippen molar-refractivity contribution >= 4 is 39.7 Å². The van der Waals surface area contributed by atoms with Crippen molar-refractivity contribution in [3.8, 4) is 0 Å². The van der Waals surface area contributed by atoms with Crippen molar-refractivity contribution in [3.05, 3.63) is 35.9 Å². The fourth-order valence-electron chi connectivity index (χ4n) is 4.40. The van der Waals surface area contributed by atoms with Crippen molar-refractivity contribution in [2.45, 2.75) is 104 Å². The summed E-state index contributed by atoms with van der Waals surface area (Å²) in [7, 11) is -3.86. The molecule has 6 nitrogen and oxygen atoms in total. The number of benzene rings is 1. The van der Waals surface area contributed by atoms with Gasteiger partial charge in [0, 0.05) is 24.6 Å². The third-order valence-corrected chi connectivity index (χ3v) is 17.5. The molecule has 0 aliphatic heterocycles. The molecule has 0 saturated heterocycles. The van der Waals surface area contributed by atoms with Gasteiger partial charge in [0.25, 0.3) is 0 Å². The molecule has 0 atom stereocenters. The summed E-state index contributed by atoms with van der Waals surface area (Å²) in [6.07, 6.45) is 4.57. The van der Waals surface area contributed by atoms with E-state index in [9.17, 15) is 4.79 Å². The van der Waals surface area contributed by atoms with Crippen LogP contribution in [0.4, 0.5) is 0 Å². The maximum atomic E-state index is 12.5. The Kier molecular flexibility index (Phi) is 13.7. The molecule has 214 valence electrons. The number of carbonyl (C=O) groups is 1. The van der Waals surface area contributed by atoms with Gasteiger partial charge >= 0.3 is 8.80 Å². The molecule has 10 heteroatoms. The van der Waals surface area contributed by atoms with Crippen molar-refractivity contribution in [1.82, 2.24) is 5.32 Å². The summed E-state index contributed by atoms with van der Waals surface area (Å²) >= 11 is 0. The number of nitrogens with zero attached hydrogens (tertiary/aromatic N) is 1. The number of carbonyl (C=O) groups excluding carboxylic acids is 1. The number of hydrogen-bond acceptors (Lipinski definition) is 4. The molecule has 1 amide bonds. The van der Waals surface area contributed by atoms with E-state index in [-0.39, 0.29) is 5.91 Å². The highest BCUT2D eigenvalue weighted by atomic mass is 28.5. The van der Waals surface area contributed by atoms with Gasteiger partial charge in [-0.3, -0.25) is 4.79 Å². The SMILES string of the molecule is C[N+](C)(CCCCCC(=O)NCCC[Si](O[Si](C)(C)C)(O[Si](C)(C)C)O[Si](C)(C)C)Cc1ccccc1. The number of amides is 1. The minimum absolute atomic E-state index is 0.147. The summed E-state index contributed by atoms with van der Waals surface area (Å²) in [4.78, 5) is 12.5. The zero-order chi connectivity index (χ0) is 28.4. The van der Waals surface area contributed by atoms with E-state index in [4.69, 9.17) is 12.3 Å². The van der Waals surface area contributed by atoms with E-state index in [0.717, 1.165) is 49.3 Å². The molecular weight excluding hydrogens is 529 g/mol. The Morgan fingerprint density at radius 1 is 0.757 bits per heavy atom. The van der Waals surface area contributed by atoms with E-state index in [1.807, 2.05) is 0 Å². The van der Waals surface area contributed by atoms with Crippen molar-refractivity contribution < 1.29 is 21.6 Å². The zero-order valence-corrected chi connectivity index (χ0v) is 29.8. The van der Waals surface area contributed by atoms with Gasteiger partial charge in [-0.05, 0) is 84.6 Å². The molecule has 0 radical (unpaired) electrons. The van der Waals surface area contributed by atoms with E-state index in [0.29, 0.717) is 13.0 Å². The molecule has 0 unspecified atom stereocenters. The van der Waals surface area contributed by atoms with Crippen LogP contribution in [0, 0.1) is 0 Å². The van der Waals surface area contributed by atoms with Crippen molar-refractivity contribution in [2.24, 2.45) is 0 Å². The molecule has 0 spiro atoms. The van der Waals surface area contributed by atoms with E-state index in [2.05, 4.69) is 109 Å². The maximum Gasteiger partial charge on any atom is 0.469 e. The van der Waals surface area contributed by atoms with Gasteiger partial charge in [0.2, 0.25) is 5.91 Å². The summed E-state index contributed by atoms with van der Waals surface area (Å²) in [6, 6.07) is 11.4. The molecule has 1 aromatic rings. The lowest BCUT2D eigenvalue weighted by atomic mass is 10.1. The largest absolute Gasteiger partial charge is 0.469 e. The van der Waals surface area contributed by atoms with Gasteiger partial charge in [0.1, 0.15) is 6.54 Å². The van der Waals surface area contributed by atoms with Crippen molar-refractivity contribution in [1.29, 1.82) is 0 Å². The first-order chi connectivity index (χ1) is 16.8. The fourth-order valence-corrected chi connectivity index (χ4v) is 19.1. The Labute approximate surface area is 232 Å². The van der Waals surface area contributed by atoms with Gasteiger partial charge in [0.15, 0.2) is 25.0 Å². The van der Waals surface area contributed by atoms with Crippen LogP contribution in [0.5, 0.6) is 0 Å². The summed E-state index contributed by atoms with van der Waals surface area (Å²) in [5.41, 5.74) is 1.37. The monoisotopic (exact) mass is 585 g/mol. The molecule has 0 aliphatic carbocycles. The highest BCUT2D eigenvalue weighted by Gasteiger charge is 2.49. The molecule has 37 heavy (non-hydrogen) atoms. The van der Waals surface area contributed by atoms with Gasteiger partial charge in [-0.1, -0.05) is 30.3 Å². The Morgan fingerprint density at radius 2 is 1.27 bits per heavy atom. The Bertz CT molecular complexity index is 763. The Hall–Kier alpha value is -0.602. The van der Waals surface area contributed by atoms with E-state index < -0.39 is 33.8 Å². The van der Waals surface area contributed by atoms with E-state index >= 15 is 0 Å². The van der Waals surface area contributed by atoms with Crippen LogP contribution in [0.25, 0.3) is 0 Å². The Balaban J connectivity index is 2.47. The molecule has 1 N–H and O–H groups in total. The quantitative estimate of drug-likeness (QED) is 0.117. The summed E-state index contributed by atoms with van der Waals surface area (Å²) in [5, 5.41) is 3.13. The number of nitrogens with one attached hydrogen (secondary N) is 1. The number of rotatable bonds is 18. The molecular formula is C27H57N2O4Si4+. The molecule has 0 aromatic heterocycles. The fraction of sp³-hybridized carbons (Fsp3) is 0.741. The maximum absolute atomic E-state index is 12.5. The third kappa shape index (κ3) is 17.6. The third-order valence-electron chi connectivity index (χ3n) is 5.49. The summed E-state index contributed by atoms with van der Waals surface area (Å²) in [6.45, 7) is 22.7. The van der Waals surface area contributed by atoms with Crippen LogP contribution in [0.1, 0.15) is 37.7 Å². The van der Waals surface area contributed by atoms with Crippen LogP contribution in [-0.2, 0) is 23.7 Å². The first kappa shape index (κ1) is 34.4. The lowest BCUT2D eigenvalue weighted by Crippen LogP contribution is -2.60. The number of hydrogen-bond donors (Lipinski definition) is 1. The van der Waals surface area contributed by atoms with Crippen LogP contribution in [-0.4, -0.2) is 71.3 Å². The average Bonchev–Trinajstić information content (AvgIpc) is 2.67. The normalized spacial score (nSPS) is 13.6. The smallest absolute Gasteiger partial charge is 0.417 e. The van der Waals surface area contributed by atoms with Crippen LogP contribution in [0.3, 0.4) is 0 Å². The van der Waals surface area contributed by atoms with E-state index in [1.54, 1.807) is 0 Å². The molecule has 0 fully saturated rings. The lowest BCUT2D eigenvalue weighted by molar-refractivity contribution is -0.903. The predicted molar refractivity (Wildman–Crippen MR) is 167 cm³/mol. The first-order valence-electron chi connectivity index (χ1n) is 14.0. The second-order valence-corrected chi connectivity index (χ2v) is 30.9. The average molecular weight is 586 g/mol. The Morgan fingerprint density at radius 3 is 1.76 bits per heavy atom. The van der Waals surface area contributed by atoms with Crippen LogP contribution in [0.2, 0.25) is 65.0 Å². The van der Waals surface area contributed by atoms with Crippen LogP contribution >= 0.6 is 0 Å². The highest BCUT2D eigenvalue weighted by molar-refractivity contribution is 6.90. The van der Waals surface area contributed by atoms with Gasteiger partial charge < -0.3 is 22.1 Å². The van der Waals surface area contributed by atoms with Crippen molar-refractivity contribution in [2.75, 3.05) is 27.2 Å². The predicted octanol–water partition coefficient (Wildman–Crippen LogP) is 6.82. The van der Waals surface area contributed by atoms with Crippen LogP contribution < -0.4 is 5.32 Å². The summed E-state index contributed by atoms with van der Waals surface area (Å²) < 4.78 is 21.2. The van der Waals surface area contributed by atoms with Gasteiger partial charge in [0.05, 0.1) is 20.6 Å². The minimum Gasteiger partial charge on any atom is -0.417 e. The second kappa shape index (κ2) is 14.7. The first-order valence-corrected chi connectivity index (χ1v) is 26.2. The highest BCUT2D eigenvalue weighted by Crippen LogP contribution is 2.29. The zero-order valence-electron chi connectivity index (χ0n) is 25.8. The lowest BCUT2D eigenvalue weighted by Gasteiger charge is -2.43. The van der Waals surface area contributed by atoms with Gasteiger partial charge in [-0.2, -0.15) is 0 Å². The topological polar surface area (TPSA) is 56.8 Å². The van der Waals surface area contributed by atoms with E-state index in [1.165, 1.54) is 5.56 Å². The molecule has 0 bridgehead atoms. The molecule has 1 rings (SSSR count). The molecule has 0 saturated carbocycles. The van der Waals surface area contributed by atoms with Gasteiger partial charge in [-0.15, -0.1) is 0 Å². The molecule has 0 heterocycles. The summed E-state index contributed by atoms with van der Waals surface area (Å²) in [5.74, 6) is 0.147. The van der Waals surface area contributed by atoms with Gasteiger partial charge in [-0.25, -0.2) is 0 Å².